The minimum Gasteiger partial charge on any atom is -0.464 e. The standard InChI is InChI=1S/C26H33NO8/c1-5-33-24(31)22(29)21(28)19-13-11-17(12-14-19)15-20(23(30)35-26(2,3)4)27-25(32)34-16-18-9-7-6-8-10-18/h6-14,20-22,28-29H,5,15-16H2,1-4H3,(H,27,32)/t20?,21?,22-/m0/s1. The van der Waals surface area contributed by atoms with Crippen molar-refractivity contribution in [1.29, 1.82) is 0 Å². The fraction of sp³-hybridized carbons (Fsp3) is 0.423. The van der Waals surface area contributed by atoms with E-state index in [4.69, 9.17) is 14.2 Å². The molecule has 3 atom stereocenters. The zero-order valence-electron chi connectivity index (χ0n) is 20.4. The van der Waals surface area contributed by atoms with Crippen molar-refractivity contribution in [3.8, 4) is 0 Å². The summed E-state index contributed by atoms with van der Waals surface area (Å²) in [6.07, 6.45) is -3.88. The van der Waals surface area contributed by atoms with Crippen molar-refractivity contribution in [2.75, 3.05) is 6.61 Å². The van der Waals surface area contributed by atoms with Crippen LogP contribution in [0.15, 0.2) is 54.6 Å². The van der Waals surface area contributed by atoms with Gasteiger partial charge in [-0.1, -0.05) is 54.6 Å². The lowest BCUT2D eigenvalue weighted by molar-refractivity contribution is -0.159. The first-order valence-electron chi connectivity index (χ1n) is 11.3. The highest BCUT2D eigenvalue weighted by molar-refractivity contribution is 5.82. The number of aliphatic hydroxyl groups is 2. The van der Waals surface area contributed by atoms with E-state index < -0.39 is 41.9 Å². The molecule has 0 heterocycles. The molecule has 0 aliphatic rings. The number of carbonyl (C=O) groups is 3. The van der Waals surface area contributed by atoms with Crippen LogP contribution in [0.3, 0.4) is 0 Å². The maximum Gasteiger partial charge on any atom is 0.408 e. The summed E-state index contributed by atoms with van der Waals surface area (Å²) in [6.45, 7) is 6.89. The van der Waals surface area contributed by atoms with Crippen LogP contribution in [0.5, 0.6) is 0 Å². The molecule has 190 valence electrons. The first-order valence-corrected chi connectivity index (χ1v) is 11.3. The van der Waals surface area contributed by atoms with Gasteiger partial charge in [-0.25, -0.2) is 14.4 Å². The molecule has 0 saturated heterocycles. The number of hydrogen-bond donors (Lipinski definition) is 3. The molecular formula is C26H33NO8. The number of aliphatic hydroxyl groups excluding tert-OH is 2. The molecule has 0 radical (unpaired) electrons. The fourth-order valence-electron chi connectivity index (χ4n) is 3.10. The van der Waals surface area contributed by atoms with Gasteiger partial charge in [0.1, 0.15) is 24.4 Å². The SMILES string of the molecule is CCOC(=O)[C@@H](O)C(O)c1ccc(CC(NC(=O)OCc2ccccc2)C(=O)OC(C)(C)C)cc1. The van der Waals surface area contributed by atoms with Gasteiger partial charge in [0.2, 0.25) is 0 Å². The highest BCUT2D eigenvalue weighted by atomic mass is 16.6. The van der Waals surface area contributed by atoms with Gasteiger partial charge in [0.15, 0.2) is 6.10 Å². The second-order valence-electron chi connectivity index (χ2n) is 8.88. The second kappa shape index (κ2) is 12.9. The number of benzene rings is 2. The van der Waals surface area contributed by atoms with Crippen molar-refractivity contribution in [2.24, 2.45) is 0 Å². The summed E-state index contributed by atoms with van der Waals surface area (Å²) in [4.78, 5) is 36.8. The molecule has 2 unspecified atom stereocenters. The van der Waals surface area contributed by atoms with Crippen LogP contribution >= 0.6 is 0 Å². The number of hydrogen-bond acceptors (Lipinski definition) is 8. The van der Waals surface area contributed by atoms with Crippen LogP contribution in [0.25, 0.3) is 0 Å². The first kappa shape index (κ1) is 27.8. The van der Waals surface area contributed by atoms with Gasteiger partial charge in [-0.2, -0.15) is 0 Å². The molecule has 35 heavy (non-hydrogen) atoms. The molecule has 0 aromatic heterocycles. The highest BCUT2D eigenvalue weighted by Gasteiger charge is 2.29. The van der Waals surface area contributed by atoms with Gasteiger partial charge < -0.3 is 29.7 Å². The van der Waals surface area contributed by atoms with Gasteiger partial charge in [-0.15, -0.1) is 0 Å². The van der Waals surface area contributed by atoms with Crippen LogP contribution < -0.4 is 5.32 Å². The molecule has 3 N–H and O–H groups in total. The Hall–Kier alpha value is -3.43. The van der Waals surface area contributed by atoms with E-state index in [1.807, 2.05) is 30.3 Å². The van der Waals surface area contributed by atoms with Gasteiger partial charge in [-0.3, -0.25) is 0 Å². The van der Waals surface area contributed by atoms with E-state index in [1.54, 1.807) is 39.8 Å². The summed E-state index contributed by atoms with van der Waals surface area (Å²) in [6, 6.07) is 14.4. The Balaban J connectivity index is 2.08. The Morgan fingerprint density at radius 2 is 1.51 bits per heavy atom. The topological polar surface area (TPSA) is 131 Å². The van der Waals surface area contributed by atoms with E-state index in [-0.39, 0.29) is 19.6 Å². The third-order valence-corrected chi connectivity index (χ3v) is 4.78. The fourth-order valence-corrected chi connectivity index (χ4v) is 3.10. The molecule has 0 saturated carbocycles. The zero-order valence-corrected chi connectivity index (χ0v) is 20.4. The van der Waals surface area contributed by atoms with Crippen LogP contribution in [0.4, 0.5) is 4.79 Å². The minimum absolute atomic E-state index is 0.0447. The number of esters is 2. The summed E-state index contributed by atoms with van der Waals surface area (Å²) in [5.74, 6) is -1.55. The van der Waals surface area contributed by atoms with Crippen LogP contribution in [-0.2, 0) is 36.8 Å². The molecular weight excluding hydrogens is 454 g/mol. The first-order chi connectivity index (χ1) is 16.5. The highest BCUT2D eigenvalue weighted by Crippen LogP contribution is 2.20. The second-order valence-corrected chi connectivity index (χ2v) is 8.88. The largest absolute Gasteiger partial charge is 0.464 e. The van der Waals surface area contributed by atoms with Crippen LogP contribution in [-0.4, -0.2) is 52.6 Å². The van der Waals surface area contributed by atoms with Crippen molar-refractivity contribution >= 4 is 18.0 Å². The predicted octanol–water partition coefficient (Wildman–Crippen LogP) is 2.82. The molecule has 1 amide bonds. The van der Waals surface area contributed by atoms with Gasteiger partial charge >= 0.3 is 18.0 Å². The number of alkyl carbamates (subject to hydrolysis) is 1. The third kappa shape index (κ3) is 9.38. The summed E-state index contributed by atoms with van der Waals surface area (Å²) in [5, 5.41) is 22.8. The quantitative estimate of drug-likeness (QED) is 0.344. The van der Waals surface area contributed by atoms with Crippen molar-refractivity contribution < 1.29 is 38.8 Å². The molecule has 0 bridgehead atoms. The minimum atomic E-state index is -1.73. The monoisotopic (exact) mass is 487 g/mol. The third-order valence-electron chi connectivity index (χ3n) is 4.78. The van der Waals surface area contributed by atoms with E-state index in [0.29, 0.717) is 11.1 Å². The Morgan fingerprint density at radius 1 is 0.886 bits per heavy atom. The number of carbonyl (C=O) groups excluding carboxylic acids is 3. The molecule has 0 fully saturated rings. The average molecular weight is 488 g/mol. The normalized spacial score (nSPS) is 13.8. The Morgan fingerprint density at radius 3 is 2.09 bits per heavy atom. The Bertz CT molecular complexity index is 969. The van der Waals surface area contributed by atoms with E-state index in [0.717, 1.165) is 5.56 Å². The lowest BCUT2D eigenvalue weighted by Gasteiger charge is -2.24. The van der Waals surface area contributed by atoms with Gasteiger partial charge in [-0.05, 0) is 44.4 Å². The number of rotatable bonds is 10. The zero-order chi connectivity index (χ0) is 26.0. The Kier molecular flexibility index (Phi) is 10.2. The smallest absolute Gasteiger partial charge is 0.408 e. The molecule has 9 nitrogen and oxygen atoms in total. The van der Waals surface area contributed by atoms with Crippen molar-refractivity contribution in [3.63, 3.8) is 0 Å². The van der Waals surface area contributed by atoms with Gasteiger partial charge in [0, 0.05) is 6.42 Å². The molecule has 2 aromatic rings. The van der Waals surface area contributed by atoms with E-state index in [1.165, 1.54) is 12.1 Å². The molecule has 0 aliphatic heterocycles. The number of amides is 1. The molecule has 2 aromatic carbocycles. The molecule has 9 heteroatoms. The lowest BCUT2D eigenvalue weighted by Crippen LogP contribution is -2.45. The Labute approximate surface area is 205 Å². The molecule has 0 aliphatic carbocycles. The van der Waals surface area contributed by atoms with Crippen molar-refractivity contribution in [2.45, 2.75) is 64.6 Å². The van der Waals surface area contributed by atoms with E-state index in [9.17, 15) is 24.6 Å². The van der Waals surface area contributed by atoms with Crippen LogP contribution in [0.1, 0.15) is 50.5 Å². The summed E-state index contributed by atoms with van der Waals surface area (Å²) < 4.78 is 15.4. The average Bonchev–Trinajstić information content (AvgIpc) is 2.81. The maximum absolute atomic E-state index is 12.8. The van der Waals surface area contributed by atoms with E-state index in [2.05, 4.69) is 5.32 Å². The van der Waals surface area contributed by atoms with Gasteiger partial charge in [0.25, 0.3) is 0 Å². The van der Waals surface area contributed by atoms with Gasteiger partial charge in [0.05, 0.1) is 6.61 Å². The van der Waals surface area contributed by atoms with Crippen LogP contribution in [0.2, 0.25) is 0 Å². The summed E-state index contributed by atoms with van der Waals surface area (Å²) in [5.41, 5.74) is 0.974. The number of nitrogens with one attached hydrogen (secondary N) is 1. The van der Waals surface area contributed by atoms with Crippen molar-refractivity contribution in [1.82, 2.24) is 5.32 Å². The lowest BCUT2D eigenvalue weighted by atomic mass is 9.99. The molecule has 2 rings (SSSR count). The van der Waals surface area contributed by atoms with E-state index >= 15 is 0 Å². The summed E-state index contributed by atoms with van der Waals surface area (Å²) >= 11 is 0. The molecule has 0 spiro atoms. The van der Waals surface area contributed by atoms with Crippen LogP contribution in [0, 0.1) is 0 Å². The summed E-state index contributed by atoms with van der Waals surface area (Å²) in [7, 11) is 0. The predicted molar refractivity (Wildman–Crippen MR) is 127 cm³/mol. The number of ether oxygens (including phenoxy) is 3. The maximum atomic E-state index is 12.8. The van der Waals surface area contributed by atoms with Crippen molar-refractivity contribution in [3.05, 3.63) is 71.3 Å².